The van der Waals surface area contributed by atoms with Crippen molar-refractivity contribution in [1.29, 1.82) is 0 Å². The summed E-state index contributed by atoms with van der Waals surface area (Å²) in [6.45, 7) is 1.91. The van der Waals surface area contributed by atoms with E-state index < -0.39 is 0 Å². The summed E-state index contributed by atoms with van der Waals surface area (Å²) in [6.07, 6.45) is 1.70. The van der Waals surface area contributed by atoms with Crippen LogP contribution in [0, 0.1) is 0 Å². The highest BCUT2D eigenvalue weighted by atomic mass is 35.5. The number of nitrogens with zero attached hydrogens (tertiary/aromatic N) is 1. The van der Waals surface area contributed by atoms with Crippen molar-refractivity contribution in [2.75, 3.05) is 19.8 Å². The van der Waals surface area contributed by atoms with Crippen LogP contribution in [-0.2, 0) is 10.2 Å². The monoisotopic (exact) mass is 418 g/mol. The predicted molar refractivity (Wildman–Crippen MR) is 111 cm³/mol. The first-order chi connectivity index (χ1) is 13.2. The molecular formula is C20H19ClN2O2S2. The molecule has 140 valence electrons. The van der Waals surface area contributed by atoms with Gasteiger partial charge in [0.05, 0.1) is 0 Å². The molecule has 27 heavy (non-hydrogen) atoms. The van der Waals surface area contributed by atoms with Crippen LogP contribution < -0.4 is 5.32 Å². The molecule has 1 amide bonds. The van der Waals surface area contributed by atoms with Crippen molar-refractivity contribution in [2.45, 2.75) is 18.3 Å². The first-order valence-electron chi connectivity index (χ1n) is 8.76. The highest BCUT2D eigenvalue weighted by Crippen LogP contribution is 2.35. The number of thiophene rings is 1. The van der Waals surface area contributed by atoms with Gasteiger partial charge in [-0.2, -0.15) is 11.3 Å². The summed E-state index contributed by atoms with van der Waals surface area (Å²) < 4.78 is 5.56. The lowest BCUT2D eigenvalue weighted by Gasteiger charge is -2.38. The highest BCUT2D eigenvalue weighted by Gasteiger charge is 2.35. The number of benzene rings is 1. The SMILES string of the molecule is O=C(NCC1(c2cccc(Cl)c2)CCOCC1)c1csc(-c2ccsc2)n1. The zero-order valence-corrected chi connectivity index (χ0v) is 17.0. The number of ether oxygens (including phenoxy) is 1. The Morgan fingerprint density at radius 2 is 2.11 bits per heavy atom. The van der Waals surface area contributed by atoms with Gasteiger partial charge in [0, 0.05) is 46.5 Å². The first kappa shape index (κ1) is 18.6. The van der Waals surface area contributed by atoms with Crippen LogP contribution in [0.2, 0.25) is 5.02 Å². The number of hydrogen-bond acceptors (Lipinski definition) is 5. The third-order valence-electron chi connectivity index (χ3n) is 4.98. The molecule has 3 aromatic rings. The second-order valence-corrected chi connectivity index (χ2v) is 8.71. The fourth-order valence-corrected chi connectivity index (χ4v) is 5.09. The maximum atomic E-state index is 12.7. The fourth-order valence-electron chi connectivity index (χ4n) is 3.38. The van der Waals surface area contributed by atoms with Gasteiger partial charge in [0.25, 0.3) is 5.91 Å². The van der Waals surface area contributed by atoms with Crippen molar-refractivity contribution in [1.82, 2.24) is 10.3 Å². The maximum Gasteiger partial charge on any atom is 0.270 e. The van der Waals surface area contributed by atoms with E-state index >= 15 is 0 Å². The van der Waals surface area contributed by atoms with E-state index in [1.54, 1.807) is 11.3 Å². The molecule has 4 rings (SSSR count). The molecular weight excluding hydrogens is 400 g/mol. The van der Waals surface area contributed by atoms with Crippen molar-refractivity contribution in [3.8, 4) is 10.6 Å². The van der Waals surface area contributed by atoms with Crippen molar-refractivity contribution in [2.24, 2.45) is 0 Å². The van der Waals surface area contributed by atoms with Crippen LogP contribution in [0.4, 0.5) is 0 Å². The number of rotatable bonds is 5. The smallest absolute Gasteiger partial charge is 0.270 e. The number of hydrogen-bond donors (Lipinski definition) is 1. The van der Waals surface area contributed by atoms with Gasteiger partial charge in [-0.3, -0.25) is 4.79 Å². The van der Waals surface area contributed by atoms with E-state index in [0.717, 1.165) is 29.0 Å². The minimum absolute atomic E-state index is 0.138. The number of carbonyl (C=O) groups is 1. The van der Waals surface area contributed by atoms with E-state index in [1.165, 1.54) is 11.3 Å². The van der Waals surface area contributed by atoms with Gasteiger partial charge in [0.1, 0.15) is 10.7 Å². The number of thiazole rings is 1. The molecule has 4 nitrogen and oxygen atoms in total. The number of amides is 1. The van der Waals surface area contributed by atoms with Crippen molar-refractivity contribution < 1.29 is 9.53 Å². The summed E-state index contributed by atoms with van der Waals surface area (Å²) in [5.41, 5.74) is 2.51. The molecule has 1 fully saturated rings. The Bertz CT molecular complexity index is 918. The zero-order valence-electron chi connectivity index (χ0n) is 14.6. The van der Waals surface area contributed by atoms with Crippen molar-refractivity contribution in [3.05, 3.63) is 62.8 Å². The Kier molecular flexibility index (Phi) is 5.59. The normalized spacial score (nSPS) is 16.2. The van der Waals surface area contributed by atoms with Crippen LogP contribution in [0.3, 0.4) is 0 Å². The van der Waals surface area contributed by atoms with Crippen LogP contribution in [0.15, 0.2) is 46.5 Å². The van der Waals surface area contributed by atoms with Crippen molar-refractivity contribution in [3.63, 3.8) is 0 Å². The van der Waals surface area contributed by atoms with Gasteiger partial charge < -0.3 is 10.1 Å². The van der Waals surface area contributed by atoms with E-state index in [0.29, 0.717) is 30.5 Å². The molecule has 1 saturated heterocycles. The standard InChI is InChI=1S/C20H19ClN2O2S2/c21-16-3-1-2-15(10-16)20(5-7-25-8-6-20)13-22-18(24)17-12-27-19(23-17)14-4-9-26-11-14/h1-4,9-12H,5-8,13H2,(H,22,24). The van der Waals surface area contributed by atoms with Gasteiger partial charge in [-0.25, -0.2) is 4.98 Å². The summed E-state index contributed by atoms with van der Waals surface area (Å²) >= 11 is 9.32. The molecule has 1 aliphatic heterocycles. The Labute approximate surface area is 171 Å². The van der Waals surface area contributed by atoms with E-state index in [2.05, 4.69) is 16.4 Å². The first-order valence-corrected chi connectivity index (χ1v) is 11.0. The second-order valence-electron chi connectivity index (χ2n) is 6.64. The predicted octanol–water partition coefficient (Wildman–Crippen LogP) is 5.00. The molecule has 1 N–H and O–H groups in total. The molecule has 0 radical (unpaired) electrons. The van der Waals surface area contributed by atoms with Gasteiger partial charge in [-0.05, 0) is 42.0 Å². The van der Waals surface area contributed by atoms with Crippen LogP contribution in [0.5, 0.6) is 0 Å². The Morgan fingerprint density at radius 1 is 1.26 bits per heavy atom. The molecule has 0 spiro atoms. The van der Waals surface area contributed by atoms with Crippen LogP contribution >= 0.6 is 34.3 Å². The molecule has 0 atom stereocenters. The minimum Gasteiger partial charge on any atom is -0.381 e. The van der Waals surface area contributed by atoms with Gasteiger partial charge in [-0.15, -0.1) is 11.3 Å². The minimum atomic E-state index is -0.162. The molecule has 0 aliphatic carbocycles. The lowest BCUT2D eigenvalue weighted by molar-refractivity contribution is 0.0487. The molecule has 3 heterocycles. The zero-order chi connectivity index (χ0) is 18.7. The van der Waals surface area contributed by atoms with Crippen LogP contribution in [0.1, 0.15) is 28.9 Å². The quantitative estimate of drug-likeness (QED) is 0.634. The van der Waals surface area contributed by atoms with E-state index in [1.807, 2.05) is 40.4 Å². The lowest BCUT2D eigenvalue weighted by Crippen LogP contribution is -2.44. The summed E-state index contributed by atoms with van der Waals surface area (Å²) in [5, 5.41) is 10.5. The van der Waals surface area contributed by atoms with E-state index in [-0.39, 0.29) is 11.3 Å². The number of halogens is 1. The van der Waals surface area contributed by atoms with Gasteiger partial charge in [-0.1, -0.05) is 23.7 Å². The molecule has 1 aromatic carbocycles. The number of aromatic nitrogens is 1. The van der Waals surface area contributed by atoms with Crippen LogP contribution in [0.25, 0.3) is 10.6 Å². The molecule has 0 saturated carbocycles. The molecule has 2 aromatic heterocycles. The third-order valence-corrected chi connectivity index (χ3v) is 6.79. The van der Waals surface area contributed by atoms with Gasteiger partial charge >= 0.3 is 0 Å². The maximum absolute atomic E-state index is 12.7. The highest BCUT2D eigenvalue weighted by molar-refractivity contribution is 7.14. The van der Waals surface area contributed by atoms with Crippen molar-refractivity contribution >= 4 is 40.2 Å². The summed E-state index contributed by atoms with van der Waals surface area (Å²) in [5.74, 6) is -0.138. The Morgan fingerprint density at radius 3 is 2.85 bits per heavy atom. The van der Waals surface area contributed by atoms with Gasteiger partial charge in [0.15, 0.2) is 0 Å². The molecule has 1 aliphatic rings. The summed E-state index contributed by atoms with van der Waals surface area (Å²) in [4.78, 5) is 17.2. The molecule has 0 bridgehead atoms. The lowest BCUT2D eigenvalue weighted by atomic mass is 9.74. The van der Waals surface area contributed by atoms with E-state index in [4.69, 9.17) is 16.3 Å². The largest absolute Gasteiger partial charge is 0.381 e. The second kappa shape index (κ2) is 8.10. The fraction of sp³-hybridized carbons (Fsp3) is 0.300. The van der Waals surface area contributed by atoms with Crippen LogP contribution in [-0.4, -0.2) is 30.6 Å². The third kappa shape index (κ3) is 4.09. The van der Waals surface area contributed by atoms with E-state index in [9.17, 15) is 4.79 Å². The number of nitrogens with one attached hydrogen (secondary N) is 1. The average Bonchev–Trinajstić information content (AvgIpc) is 3.38. The van der Waals surface area contributed by atoms with Gasteiger partial charge in [0.2, 0.25) is 0 Å². The Balaban J connectivity index is 1.50. The molecule has 0 unspecified atom stereocenters. The number of carbonyl (C=O) groups excluding carboxylic acids is 1. The average molecular weight is 419 g/mol. The summed E-state index contributed by atoms with van der Waals surface area (Å²) in [7, 11) is 0. The Hall–Kier alpha value is -1.73. The summed E-state index contributed by atoms with van der Waals surface area (Å²) in [6, 6.07) is 9.93. The topological polar surface area (TPSA) is 51.2 Å². The molecule has 7 heteroatoms.